The van der Waals surface area contributed by atoms with Crippen LogP contribution in [0.15, 0.2) is 24.3 Å². The van der Waals surface area contributed by atoms with Gasteiger partial charge in [0, 0.05) is 36.3 Å². The van der Waals surface area contributed by atoms with E-state index >= 15 is 0 Å². The van der Waals surface area contributed by atoms with E-state index in [0.29, 0.717) is 18.4 Å². The van der Waals surface area contributed by atoms with Crippen molar-refractivity contribution in [3.8, 4) is 5.75 Å². The summed E-state index contributed by atoms with van der Waals surface area (Å²) in [7, 11) is 2.27. The van der Waals surface area contributed by atoms with E-state index in [2.05, 4.69) is 37.2 Å². The number of nitrogens with zero attached hydrogens (tertiary/aromatic N) is 1. The molecule has 3 rings (SSSR count). The number of benzene rings is 1. The molecule has 11 amide bonds. The van der Waals surface area contributed by atoms with Gasteiger partial charge in [-0.15, -0.1) is 0 Å². The molecular formula is C45H69N11O12S2. The molecule has 0 radical (unpaired) electrons. The van der Waals surface area contributed by atoms with Gasteiger partial charge in [-0.05, 0) is 69.1 Å². The minimum Gasteiger partial charge on any atom is -0.508 e. The predicted molar refractivity (Wildman–Crippen MR) is 260 cm³/mol. The lowest BCUT2D eigenvalue weighted by Gasteiger charge is -2.32. The average Bonchev–Trinajstić information content (AvgIpc) is 3.77. The number of hydrogen-bond donors (Lipinski definition) is 11. The normalized spacial score (nSPS) is 23.8. The second-order valence-corrected chi connectivity index (χ2v) is 21.6. The van der Waals surface area contributed by atoms with Crippen LogP contribution >= 0.6 is 21.6 Å². The zero-order valence-corrected chi connectivity index (χ0v) is 42.1. The van der Waals surface area contributed by atoms with E-state index in [4.69, 9.17) is 17.2 Å². The maximum absolute atomic E-state index is 14.6. The largest absolute Gasteiger partial charge is 0.508 e. The van der Waals surface area contributed by atoms with E-state index in [1.54, 1.807) is 39.8 Å². The molecule has 2 fully saturated rings. The molecule has 25 heteroatoms. The van der Waals surface area contributed by atoms with Gasteiger partial charge in [0.15, 0.2) is 0 Å². The first-order valence-corrected chi connectivity index (χ1v) is 25.4. The molecule has 0 spiro atoms. The predicted octanol–water partition coefficient (Wildman–Crippen LogP) is -1.77. The van der Waals surface area contributed by atoms with E-state index in [0.717, 1.165) is 10.8 Å². The Morgan fingerprint density at radius 3 is 2.06 bits per heavy atom. The highest BCUT2D eigenvalue weighted by atomic mass is 33.1. The molecule has 0 aromatic heterocycles. The number of carbonyl (C=O) groups excluding carboxylic acids is 11. The summed E-state index contributed by atoms with van der Waals surface area (Å²) in [5.41, 5.74) is 16.7. The summed E-state index contributed by atoms with van der Waals surface area (Å²) in [6.07, 6.45) is -0.731. The van der Waals surface area contributed by atoms with Crippen molar-refractivity contribution in [3.05, 3.63) is 29.8 Å². The number of phenols is 1. The van der Waals surface area contributed by atoms with Crippen molar-refractivity contribution in [3.63, 3.8) is 0 Å². The molecule has 2 heterocycles. The fourth-order valence-electron chi connectivity index (χ4n) is 7.67. The summed E-state index contributed by atoms with van der Waals surface area (Å²) >= 11 is 0. The molecule has 0 aliphatic carbocycles. The first-order valence-electron chi connectivity index (χ1n) is 23.1. The van der Waals surface area contributed by atoms with Crippen LogP contribution < -0.4 is 54.4 Å². The highest BCUT2D eigenvalue weighted by molar-refractivity contribution is 8.77. The van der Waals surface area contributed by atoms with Gasteiger partial charge in [0.2, 0.25) is 65.0 Å². The van der Waals surface area contributed by atoms with Crippen LogP contribution in [0.2, 0.25) is 0 Å². The minimum absolute atomic E-state index is 0.0285. The van der Waals surface area contributed by atoms with Gasteiger partial charge in [0.05, 0.1) is 13.0 Å². The number of amides is 11. The SMILES string of the molecule is CC[C@H](C)[C@@H]1NC(=O)[C@H](Cc2ccc(O)cc2)NC(=O)CC(C)(C)SSC[C@@H](C(=O)N2CCC[C@H]2C(=O)N[C@@H](CC(C)C)C(=O)NCC(N)=O)NC(=O)[C@H](CC(N)=O)NC(=O)C(CCC(N)=O)NC1=O. The minimum atomic E-state index is -1.74. The van der Waals surface area contributed by atoms with Gasteiger partial charge in [-0.1, -0.05) is 67.8 Å². The first kappa shape index (κ1) is 58.2. The van der Waals surface area contributed by atoms with Crippen molar-refractivity contribution < 1.29 is 57.8 Å². The first-order chi connectivity index (χ1) is 32.8. The van der Waals surface area contributed by atoms with Crippen molar-refractivity contribution in [2.45, 2.75) is 146 Å². The number of nitrogens with two attached hydrogens (primary N) is 3. The fourth-order valence-corrected chi connectivity index (χ4v) is 10.4. The molecule has 1 unspecified atom stereocenters. The van der Waals surface area contributed by atoms with Crippen LogP contribution in [-0.2, 0) is 59.2 Å². The number of aromatic hydroxyl groups is 1. The third kappa shape index (κ3) is 19.0. The third-order valence-electron chi connectivity index (χ3n) is 11.5. The maximum Gasteiger partial charge on any atom is 0.246 e. The number of rotatable bonds is 17. The fraction of sp³-hybridized carbons (Fsp3) is 0.622. The number of nitrogens with one attached hydrogen (secondary N) is 7. The molecule has 23 nitrogen and oxygen atoms in total. The van der Waals surface area contributed by atoms with Crippen molar-refractivity contribution >= 4 is 86.6 Å². The molecule has 14 N–H and O–H groups in total. The highest BCUT2D eigenvalue weighted by Gasteiger charge is 2.41. The Balaban J connectivity index is 2.08. The van der Waals surface area contributed by atoms with Crippen LogP contribution in [-0.4, -0.2) is 141 Å². The van der Waals surface area contributed by atoms with Gasteiger partial charge in [-0.25, -0.2) is 0 Å². The average molecular weight is 1020 g/mol. The standard InChI is InChI=1S/C45H69N11O12S2/c1-7-24(4)37-43(67)51-27(14-15-33(46)58)39(63)52-30(19-34(47)59)40(64)54-31(44(68)56-16-8-9-32(56)42(66)53-28(17-23(2)3)38(62)49-21-35(48)60)22-69-70-45(5,6)20-36(61)50-29(41(65)55-37)18-25-10-12-26(57)13-11-25/h10-13,23-24,27-32,37,57H,7-9,14-22H2,1-6H3,(H2,46,58)(H2,47,59)(H2,48,60)(H,49,62)(H,50,61)(H,51,67)(H,52,63)(H,53,66)(H,54,64)(H,55,65)/t24-,27?,28-,29-,30-,31-,32-,37-/m0/s1. The van der Waals surface area contributed by atoms with E-state index in [9.17, 15) is 57.8 Å². The van der Waals surface area contributed by atoms with Crippen LogP contribution in [0.5, 0.6) is 5.75 Å². The maximum atomic E-state index is 14.6. The molecule has 0 saturated carbocycles. The number of primary amides is 3. The summed E-state index contributed by atoms with van der Waals surface area (Å²) in [4.78, 5) is 149. The number of phenolic OH excluding ortho intramolecular Hbond substituents is 1. The van der Waals surface area contributed by atoms with Crippen LogP contribution in [0.3, 0.4) is 0 Å². The second kappa shape index (κ2) is 27.3. The molecular weight excluding hydrogens is 951 g/mol. The van der Waals surface area contributed by atoms with Crippen molar-refractivity contribution in [1.82, 2.24) is 42.1 Å². The Morgan fingerprint density at radius 1 is 0.829 bits per heavy atom. The Kier molecular flexibility index (Phi) is 22.7. The monoisotopic (exact) mass is 1020 g/mol. The lowest BCUT2D eigenvalue weighted by Crippen LogP contribution is -2.61. The number of likely N-dealkylation sites (tertiary alicyclic amines) is 1. The Labute approximate surface area is 414 Å². The molecule has 2 aliphatic rings. The van der Waals surface area contributed by atoms with Gasteiger partial charge in [0.1, 0.15) is 48.0 Å². The third-order valence-corrected chi connectivity index (χ3v) is 14.8. The van der Waals surface area contributed by atoms with Crippen LogP contribution in [0, 0.1) is 11.8 Å². The van der Waals surface area contributed by atoms with Crippen LogP contribution in [0.4, 0.5) is 0 Å². The highest BCUT2D eigenvalue weighted by Crippen LogP contribution is 2.39. The molecule has 1 aromatic rings. The molecule has 70 heavy (non-hydrogen) atoms. The van der Waals surface area contributed by atoms with Gasteiger partial charge in [-0.3, -0.25) is 52.7 Å². The van der Waals surface area contributed by atoms with E-state index in [-0.39, 0.29) is 56.1 Å². The zero-order chi connectivity index (χ0) is 52.5. The van der Waals surface area contributed by atoms with Crippen molar-refractivity contribution in [1.29, 1.82) is 0 Å². The van der Waals surface area contributed by atoms with Gasteiger partial charge >= 0.3 is 0 Å². The number of hydrogen-bond acceptors (Lipinski definition) is 14. The molecule has 0 bridgehead atoms. The van der Waals surface area contributed by atoms with E-state index in [1.807, 2.05) is 13.8 Å². The summed E-state index contributed by atoms with van der Waals surface area (Å²) < 4.78 is -0.898. The summed E-state index contributed by atoms with van der Waals surface area (Å²) in [5.74, 6) is -9.83. The molecule has 2 saturated heterocycles. The summed E-state index contributed by atoms with van der Waals surface area (Å²) in [6.45, 7) is 10.2. The van der Waals surface area contributed by atoms with E-state index in [1.165, 1.54) is 27.8 Å². The molecule has 388 valence electrons. The van der Waals surface area contributed by atoms with Crippen LogP contribution in [0.1, 0.15) is 98.5 Å². The molecule has 2 aliphatic heterocycles. The molecule has 8 atom stereocenters. The number of carbonyl (C=O) groups is 11. The van der Waals surface area contributed by atoms with Gasteiger partial charge < -0.3 is 64.4 Å². The van der Waals surface area contributed by atoms with E-state index < -0.39 is 137 Å². The topological polar surface area (TPSA) is 374 Å². The summed E-state index contributed by atoms with van der Waals surface area (Å²) in [6, 6.07) is -3.53. The lowest BCUT2D eigenvalue weighted by atomic mass is 9.96. The Hall–Kier alpha value is -6.11. The van der Waals surface area contributed by atoms with Crippen LogP contribution in [0.25, 0.3) is 0 Å². The smallest absolute Gasteiger partial charge is 0.246 e. The van der Waals surface area contributed by atoms with Crippen molar-refractivity contribution in [2.24, 2.45) is 29.0 Å². The quantitative estimate of drug-likeness (QED) is 0.0771. The Bertz CT molecular complexity index is 2090. The Morgan fingerprint density at radius 2 is 1.46 bits per heavy atom. The molecule has 1 aromatic carbocycles. The second-order valence-electron chi connectivity index (χ2n) is 18.6. The van der Waals surface area contributed by atoms with Crippen molar-refractivity contribution in [2.75, 3.05) is 18.8 Å². The summed E-state index contributed by atoms with van der Waals surface area (Å²) in [5, 5.41) is 28.0. The lowest BCUT2D eigenvalue weighted by molar-refractivity contribution is -0.142. The zero-order valence-electron chi connectivity index (χ0n) is 40.4. The van der Waals surface area contributed by atoms with Gasteiger partial charge in [-0.2, -0.15) is 0 Å². The van der Waals surface area contributed by atoms with Gasteiger partial charge in [0.25, 0.3) is 0 Å².